The molecular formula is C21H25N3O2S. The van der Waals surface area contributed by atoms with Gasteiger partial charge in [0, 0.05) is 25.2 Å². The van der Waals surface area contributed by atoms with Crippen LogP contribution < -0.4 is 4.72 Å². The van der Waals surface area contributed by atoms with Gasteiger partial charge in [0.25, 0.3) is 10.0 Å². The number of likely N-dealkylation sites (tertiary alicyclic amines) is 1. The van der Waals surface area contributed by atoms with Crippen LogP contribution >= 0.6 is 0 Å². The predicted octanol–water partition coefficient (Wildman–Crippen LogP) is 3.03. The van der Waals surface area contributed by atoms with Gasteiger partial charge in [0.2, 0.25) is 0 Å². The lowest BCUT2D eigenvalue weighted by Crippen LogP contribution is -2.48. The third-order valence-electron chi connectivity index (χ3n) is 5.45. The predicted molar refractivity (Wildman–Crippen MR) is 107 cm³/mol. The van der Waals surface area contributed by atoms with Crippen LogP contribution in [-0.4, -0.2) is 38.3 Å². The van der Waals surface area contributed by atoms with E-state index in [1.54, 1.807) is 12.1 Å². The Morgan fingerprint density at radius 1 is 1.11 bits per heavy atom. The second-order valence-corrected chi connectivity index (χ2v) is 9.72. The van der Waals surface area contributed by atoms with Crippen LogP contribution in [0.5, 0.6) is 0 Å². The molecule has 2 aromatic rings. The highest BCUT2D eigenvalue weighted by molar-refractivity contribution is 7.90. The summed E-state index contributed by atoms with van der Waals surface area (Å²) in [7, 11) is -3.49. The average Bonchev–Trinajstić information content (AvgIpc) is 2.89. The molecular weight excluding hydrogens is 358 g/mol. The van der Waals surface area contributed by atoms with Gasteiger partial charge in [-0.2, -0.15) is 0 Å². The van der Waals surface area contributed by atoms with Gasteiger partial charge in [0.05, 0.1) is 10.9 Å². The summed E-state index contributed by atoms with van der Waals surface area (Å²) >= 11 is 0. The highest BCUT2D eigenvalue weighted by Crippen LogP contribution is 2.34. The molecule has 6 heteroatoms. The first-order chi connectivity index (χ1) is 12.9. The Bertz CT molecular complexity index is 968. The van der Waals surface area contributed by atoms with Gasteiger partial charge in [0.15, 0.2) is 0 Å². The molecule has 2 aromatic carbocycles. The van der Waals surface area contributed by atoms with E-state index in [1.807, 2.05) is 18.2 Å². The summed E-state index contributed by atoms with van der Waals surface area (Å²) in [5.41, 5.74) is 1.96. The molecule has 1 unspecified atom stereocenters. The number of amidine groups is 1. The van der Waals surface area contributed by atoms with Crippen LogP contribution in [0.15, 0.2) is 64.5 Å². The van der Waals surface area contributed by atoms with Crippen LogP contribution in [0.2, 0.25) is 0 Å². The lowest BCUT2D eigenvalue weighted by molar-refractivity contribution is 0.0908. The lowest BCUT2D eigenvalue weighted by atomic mass is 9.79. The fraction of sp³-hybridized carbons (Fsp3) is 0.381. The van der Waals surface area contributed by atoms with Crippen LogP contribution in [0.25, 0.3) is 0 Å². The Morgan fingerprint density at radius 2 is 1.81 bits per heavy atom. The monoisotopic (exact) mass is 383 g/mol. The van der Waals surface area contributed by atoms with E-state index in [0.29, 0.717) is 16.3 Å². The van der Waals surface area contributed by atoms with Crippen LogP contribution in [-0.2, 0) is 16.6 Å². The summed E-state index contributed by atoms with van der Waals surface area (Å²) in [6.45, 7) is 7.25. The number of hydrogen-bond acceptors (Lipinski definition) is 4. The van der Waals surface area contributed by atoms with Gasteiger partial charge in [-0.25, -0.2) is 8.42 Å². The molecule has 1 saturated heterocycles. The molecule has 2 aliphatic rings. The summed E-state index contributed by atoms with van der Waals surface area (Å²) in [6, 6.07) is 17.6. The molecule has 2 heterocycles. The molecule has 0 radical (unpaired) electrons. The van der Waals surface area contributed by atoms with Crippen molar-refractivity contribution < 1.29 is 8.42 Å². The number of sulfonamides is 1. The van der Waals surface area contributed by atoms with Crippen molar-refractivity contribution in [3.8, 4) is 0 Å². The number of rotatable bonds is 3. The Balaban J connectivity index is 1.54. The molecule has 0 spiro atoms. The maximum Gasteiger partial charge on any atom is 0.263 e. The fourth-order valence-electron chi connectivity index (χ4n) is 4.06. The molecule has 142 valence electrons. The molecule has 1 N–H and O–H groups in total. The minimum Gasteiger partial charge on any atom is -0.298 e. The number of piperidine rings is 1. The zero-order valence-corrected chi connectivity index (χ0v) is 16.5. The topological polar surface area (TPSA) is 61.8 Å². The van der Waals surface area contributed by atoms with E-state index >= 15 is 0 Å². The number of fused-ring (bicyclic) bond motifs is 1. The van der Waals surface area contributed by atoms with Crippen molar-refractivity contribution in [3.63, 3.8) is 0 Å². The Morgan fingerprint density at radius 3 is 2.56 bits per heavy atom. The number of benzene rings is 2. The average molecular weight is 384 g/mol. The van der Waals surface area contributed by atoms with Gasteiger partial charge >= 0.3 is 0 Å². The van der Waals surface area contributed by atoms with Crippen molar-refractivity contribution in [2.45, 2.75) is 37.8 Å². The third kappa shape index (κ3) is 3.64. The van der Waals surface area contributed by atoms with E-state index in [4.69, 9.17) is 4.99 Å². The van der Waals surface area contributed by atoms with Crippen molar-refractivity contribution in [1.82, 2.24) is 9.62 Å². The van der Waals surface area contributed by atoms with Gasteiger partial charge in [0.1, 0.15) is 5.84 Å². The van der Waals surface area contributed by atoms with Crippen molar-refractivity contribution in [1.29, 1.82) is 0 Å². The van der Waals surface area contributed by atoms with Gasteiger partial charge in [-0.1, -0.05) is 56.3 Å². The first kappa shape index (κ1) is 18.2. The maximum absolute atomic E-state index is 12.3. The van der Waals surface area contributed by atoms with Gasteiger partial charge in [-0.3, -0.25) is 14.6 Å². The summed E-state index contributed by atoms with van der Waals surface area (Å²) in [6.07, 6.45) is 0.910. The zero-order chi connectivity index (χ0) is 19.1. The highest BCUT2D eigenvalue weighted by atomic mass is 32.2. The van der Waals surface area contributed by atoms with Crippen LogP contribution in [0, 0.1) is 5.41 Å². The first-order valence-electron chi connectivity index (χ1n) is 9.31. The standard InChI is InChI=1S/C21H25N3O2S/c1-21(2)15-24(14-16-8-4-3-5-9-16)13-12-19(21)22-20-17-10-6-7-11-18(17)27(25,26)23-20/h3-11,19H,12-15H2,1-2H3,(H,22,23). The van der Waals surface area contributed by atoms with Gasteiger partial charge < -0.3 is 0 Å². The maximum atomic E-state index is 12.3. The summed E-state index contributed by atoms with van der Waals surface area (Å²) in [5, 5.41) is 0. The largest absolute Gasteiger partial charge is 0.298 e. The zero-order valence-electron chi connectivity index (χ0n) is 15.7. The van der Waals surface area contributed by atoms with Crippen molar-refractivity contribution >= 4 is 15.9 Å². The van der Waals surface area contributed by atoms with E-state index < -0.39 is 10.0 Å². The molecule has 0 aliphatic carbocycles. The molecule has 1 atom stereocenters. The fourth-order valence-corrected chi connectivity index (χ4v) is 5.30. The molecule has 0 aromatic heterocycles. The highest BCUT2D eigenvalue weighted by Gasteiger charge is 2.38. The Hall–Kier alpha value is -2.18. The summed E-state index contributed by atoms with van der Waals surface area (Å²) in [4.78, 5) is 7.65. The third-order valence-corrected chi connectivity index (χ3v) is 6.85. The quantitative estimate of drug-likeness (QED) is 0.886. The molecule has 1 fully saturated rings. The van der Waals surface area contributed by atoms with Crippen molar-refractivity contribution in [3.05, 3.63) is 65.7 Å². The summed E-state index contributed by atoms with van der Waals surface area (Å²) < 4.78 is 27.3. The van der Waals surface area contributed by atoms with E-state index in [-0.39, 0.29) is 11.5 Å². The van der Waals surface area contributed by atoms with E-state index in [2.05, 4.69) is 47.7 Å². The molecule has 5 nitrogen and oxygen atoms in total. The Kier molecular flexibility index (Phi) is 4.56. The second-order valence-electron chi connectivity index (χ2n) is 8.07. The van der Waals surface area contributed by atoms with Gasteiger partial charge in [-0.15, -0.1) is 0 Å². The molecule has 0 bridgehead atoms. The Labute approximate surface area is 161 Å². The first-order valence-corrected chi connectivity index (χ1v) is 10.8. The van der Waals surface area contributed by atoms with E-state index in [1.165, 1.54) is 5.56 Å². The SMILES string of the molecule is CC1(C)CN(Cc2ccccc2)CCC1N=C1NS(=O)(=O)c2ccccc21. The minimum atomic E-state index is -3.49. The second kappa shape index (κ2) is 6.77. The number of nitrogens with zero attached hydrogens (tertiary/aromatic N) is 2. The van der Waals surface area contributed by atoms with Gasteiger partial charge in [-0.05, 0) is 29.5 Å². The van der Waals surface area contributed by atoms with E-state index in [9.17, 15) is 8.42 Å². The molecule has 2 aliphatic heterocycles. The normalized spacial score (nSPS) is 25.1. The van der Waals surface area contributed by atoms with Crippen LogP contribution in [0.1, 0.15) is 31.4 Å². The summed E-state index contributed by atoms with van der Waals surface area (Å²) in [5.74, 6) is 0.486. The van der Waals surface area contributed by atoms with Crippen molar-refractivity contribution in [2.24, 2.45) is 10.4 Å². The van der Waals surface area contributed by atoms with Crippen LogP contribution in [0.3, 0.4) is 0 Å². The lowest BCUT2D eigenvalue weighted by Gasteiger charge is -2.42. The van der Waals surface area contributed by atoms with E-state index in [0.717, 1.165) is 26.1 Å². The van der Waals surface area contributed by atoms with Crippen LogP contribution in [0.4, 0.5) is 0 Å². The number of hydrogen-bond donors (Lipinski definition) is 1. The molecule has 27 heavy (non-hydrogen) atoms. The number of aliphatic imine (C=N–C) groups is 1. The minimum absolute atomic E-state index is 0.0387. The molecule has 4 rings (SSSR count). The molecule has 0 saturated carbocycles. The number of nitrogens with one attached hydrogen (secondary N) is 1. The smallest absolute Gasteiger partial charge is 0.263 e. The molecule has 0 amide bonds. The van der Waals surface area contributed by atoms with Crippen molar-refractivity contribution in [2.75, 3.05) is 13.1 Å².